The van der Waals surface area contributed by atoms with Crippen molar-refractivity contribution in [2.24, 2.45) is 0 Å². The fourth-order valence-electron chi connectivity index (χ4n) is 6.67. The van der Waals surface area contributed by atoms with Gasteiger partial charge in [-0.1, -0.05) is 184 Å². The number of amides is 1. The molecule has 0 saturated heterocycles. The second kappa shape index (κ2) is 40.8. The maximum atomic E-state index is 12.9. The van der Waals surface area contributed by atoms with Crippen LogP contribution < -0.4 is 10.2 Å². The summed E-state index contributed by atoms with van der Waals surface area (Å²) in [6, 6.07) is -0.905. The summed E-state index contributed by atoms with van der Waals surface area (Å²) in [7, 11) is 1.24. The van der Waals surface area contributed by atoms with Gasteiger partial charge in [-0.05, 0) is 64.2 Å². The highest BCUT2D eigenvalue weighted by Crippen LogP contribution is 2.38. The van der Waals surface area contributed by atoms with Gasteiger partial charge in [-0.3, -0.25) is 9.36 Å². The fourth-order valence-corrected chi connectivity index (χ4v) is 7.39. The fraction of sp³-hybridized carbons (Fsp3) is 0.816. The van der Waals surface area contributed by atoms with Crippen LogP contribution in [0.3, 0.4) is 0 Å². The van der Waals surface area contributed by atoms with Gasteiger partial charge in [-0.25, -0.2) is 0 Å². The molecule has 3 unspecified atom stereocenters. The van der Waals surface area contributed by atoms with Gasteiger partial charge in [-0.15, -0.1) is 0 Å². The second-order valence-electron chi connectivity index (χ2n) is 17.5. The highest BCUT2D eigenvalue weighted by molar-refractivity contribution is 7.45. The van der Waals surface area contributed by atoms with E-state index in [1.165, 1.54) is 141 Å². The minimum atomic E-state index is -4.60. The van der Waals surface area contributed by atoms with Crippen LogP contribution in [-0.4, -0.2) is 68.5 Å². The Hall–Kier alpha value is -1.54. The summed E-state index contributed by atoms with van der Waals surface area (Å²) in [5.74, 6) is -0.213. The van der Waals surface area contributed by atoms with Crippen molar-refractivity contribution < 1.29 is 32.9 Å². The molecule has 0 spiro atoms. The number of unbranched alkanes of at least 4 members (excludes halogenated alkanes) is 24. The number of nitrogens with zero attached hydrogens (tertiary/aromatic N) is 1. The first-order chi connectivity index (χ1) is 28.0. The molecule has 9 heteroatoms. The normalized spacial score (nSPS) is 14.7. The van der Waals surface area contributed by atoms with Crippen molar-refractivity contribution in [3.63, 3.8) is 0 Å². The van der Waals surface area contributed by atoms with Gasteiger partial charge in [0, 0.05) is 6.42 Å². The van der Waals surface area contributed by atoms with Crippen LogP contribution in [0.25, 0.3) is 0 Å². The largest absolute Gasteiger partial charge is 0.756 e. The standard InChI is InChI=1S/C49H93N2O6P/c1-6-8-10-12-14-16-18-20-22-23-24-25-26-27-29-31-33-35-37-39-41-43-49(53)50-47(46-57-58(54,55)56-45-44-51(3,4)5)48(52)42-40-38-36-34-32-30-28-21-19-17-15-13-11-9-7-2/h18,20,23-24,32,34,40,42,47-48,52H,6-17,19,21-22,25-31,33,35-39,41,43-46H2,1-5H3,(H-,50,53,54,55)/b20-18-,24-23-,34-32+,42-40+. The molecule has 0 aliphatic carbocycles. The number of aliphatic hydroxyl groups is 1. The van der Waals surface area contributed by atoms with Gasteiger partial charge in [0.05, 0.1) is 39.9 Å². The molecule has 0 aliphatic rings. The molecule has 3 atom stereocenters. The van der Waals surface area contributed by atoms with E-state index in [9.17, 15) is 19.4 Å². The Balaban J connectivity index is 4.39. The van der Waals surface area contributed by atoms with Crippen molar-refractivity contribution in [2.45, 2.75) is 219 Å². The van der Waals surface area contributed by atoms with Gasteiger partial charge in [0.25, 0.3) is 7.82 Å². The number of allylic oxidation sites excluding steroid dienone is 7. The lowest BCUT2D eigenvalue weighted by Crippen LogP contribution is -2.45. The number of hydrogen-bond donors (Lipinski definition) is 2. The van der Waals surface area contributed by atoms with Gasteiger partial charge in [0.2, 0.25) is 5.91 Å². The van der Waals surface area contributed by atoms with E-state index in [2.05, 4.69) is 55.6 Å². The summed E-state index contributed by atoms with van der Waals surface area (Å²) in [5.41, 5.74) is 0. The molecule has 0 saturated carbocycles. The number of likely N-dealkylation sites (N-methyl/N-ethyl adjacent to an activating group) is 1. The molecule has 0 bridgehead atoms. The topological polar surface area (TPSA) is 108 Å². The summed E-state index contributed by atoms with van der Waals surface area (Å²) < 4.78 is 23.2. The molecule has 1 amide bonds. The molecule has 0 heterocycles. The van der Waals surface area contributed by atoms with Gasteiger partial charge < -0.3 is 28.8 Å². The van der Waals surface area contributed by atoms with Crippen LogP contribution in [0.15, 0.2) is 48.6 Å². The summed E-state index contributed by atoms with van der Waals surface area (Å²) in [6.07, 6.45) is 51.6. The minimum Gasteiger partial charge on any atom is -0.756 e. The van der Waals surface area contributed by atoms with E-state index < -0.39 is 26.6 Å². The number of carbonyl (C=O) groups is 1. The van der Waals surface area contributed by atoms with Crippen molar-refractivity contribution in [2.75, 3.05) is 40.9 Å². The molecule has 340 valence electrons. The molecule has 0 aromatic carbocycles. The lowest BCUT2D eigenvalue weighted by atomic mass is 10.1. The SMILES string of the molecule is CCCCCCC/C=C\C/C=C\CCCCCCCCCCCC(=O)NC(COP(=O)([O-])OCC[N+](C)(C)C)C(O)/C=C/CC/C=C/CCCCCCCCCCC. The smallest absolute Gasteiger partial charge is 0.268 e. The van der Waals surface area contributed by atoms with Crippen LogP contribution in [0.5, 0.6) is 0 Å². The third-order valence-electron chi connectivity index (χ3n) is 10.5. The van der Waals surface area contributed by atoms with Gasteiger partial charge >= 0.3 is 0 Å². The second-order valence-corrected chi connectivity index (χ2v) is 18.9. The number of hydrogen-bond acceptors (Lipinski definition) is 6. The third-order valence-corrected chi connectivity index (χ3v) is 11.5. The van der Waals surface area contributed by atoms with E-state index in [4.69, 9.17) is 9.05 Å². The lowest BCUT2D eigenvalue weighted by Gasteiger charge is -2.29. The molecule has 0 rings (SSSR count). The van der Waals surface area contributed by atoms with E-state index in [-0.39, 0.29) is 12.5 Å². The summed E-state index contributed by atoms with van der Waals surface area (Å²) in [4.78, 5) is 25.3. The zero-order valence-electron chi connectivity index (χ0n) is 38.5. The zero-order valence-corrected chi connectivity index (χ0v) is 39.4. The molecule has 0 radical (unpaired) electrons. The number of carbonyl (C=O) groups excluding carboxylic acids is 1. The third kappa shape index (κ3) is 42.6. The minimum absolute atomic E-state index is 0.00829. The van der Waals surface area contributed by atoms with E-state index >= 15 is 0 Å². The van der Waals surface area contributed by atoms with Crippen molar-refractivity contribution in [1.82, 2.24) is 5.32 Å². The lowest BCUT2D eigenvalue weighted by molar-refractivity contribution is -0.870. The summed E-state index contributed by atoms with van der Waals surface area (Å²) in [5, 5.41) is 13.8. The average Bonchev–Trinajstić information content (AvgIpc) is 3.17. The number of aliphatic hydroxyl groups excluding tert-OH is 1. The highest BCUT2D eigenvalue weighted by atomic mass is 31.2. The maximum absolute atomic E-state index is 12.9. The van der Waals surface area contributed by atoms with Crippen LogP contribution in [0, 0.1) is 0 Å². The number of nitrogens with one attached hydrogen (secondary N) is 1. The van der Waals surface area contributed by atoms with E-state index in [0.717, 1.165) is 44.9 Å². The number of quaternary nitrogens is 1. The Labute approximate surface area is 359 Å². The van der Waals surface area contributed by atoms with Crippen LogP contribution in [0.2, 0.25) is 0 Å². The molecular weight excluding hydrogens is 744 g/mol. The summed E-state index contributed by atoms with van der Waals surface area (Å²) >= 11 is 0. The first kappa shape index (κ1) is 56.5. The Bertz CT molecular complexity index is 1090. The molecule has 2 N–H and O–H groups in total. The van der Waals surface area contributed by atoms with Crippen LogP contribution in [0.4, 0.5) is 0 Å². The van der Waals surface area contributed by atoms with Crippen molar-refractivity contribution >= 4 is 13.7 Å². The molecule has 8 nitrogen and oxygen atoms in total. The average molecular weight is 837 g/mol. The van der Waals surface area contributed by atoms with Crippen molar-refractivity contribution in [3.8, 4) is 0 Å². The first-order valence-corrected chi connectivity index (χ1v) is 25.5. The Morgan fingerprint density at radius 1 is 0.603 bits per heavy atom. The van der Waals surface area contributed by atoms with Crippen LogP contribution in [0.1, 0.15) is 206 Å². The maximum Gasteiger partial charge on any atom is 0.268 e. The van der Waals surface area contributed by atoms with Gasteiger partial charge in [0.1, 0.15) is 13.2 Å². The Morgan fingerprint density at radius 2 is 1.02 bits per heavy atom. The molecule has 0 aromatic heterocycles. The predicted octanol–water partition coefficient (Wildman–Crippen LogP) is 13.0. The first-order valence-electron chi connectivity index (χ1n) is 24.0. The van der Waals surface area contributed by atoms with Gasteiger partial charge in [-0.2, -0.15) is 0 Å². The highest BCUT2D eigenvalue weighted by Gasteiger charge is 2.23. The predicted molar refractivity (Wildman–Crippen MR) is 247 cm³/mol. The molecule has 0 aromatic rings. The van der Waals surface area contributed by atoms with Crippen molar-refractivity contribution in [3.05, 3.63) is 48.6 Å². The quantitative estimate of drug-likeness (QED) is 0.0274. The van der Waals surface area contributed by atoms with E-state index in [0.29, 0.717) is 17.4 Å². The molecule has 0 aliphatic heterocycles. The summed E-state index contributed by atoms with van der Waals surface area (Å²) in [6.45, 7) is 4.61. The van der Waals surface area contributed by atoms with E-state index in [1.54, 1.807) is 6.08 Å². The van der Waals surface area contributed by atoms with Crippen molar-refractivity contribution in [1.29, 1.82) is 0 Å². The zero-order chi connectivity index (χ0) is 42.8. The molecular formula is C49H93N2O6P. The van der Waals surface area contributed by atoms with Crippen LogP contribution >= 0.6 is 7.82 Å². The molecule has 0 fully saturated rings. The van der Waals surface area contributed by atoms with Crippen LogP contribution in [-0.2, 0) is 18.4 Å². The monoisotopic (exact) mass is 837 g/mol. The Morgan fingerprint density at radius 3 is 1.50 bits per heavy atom. The molecule has 58 heavy (non-hydrogen) atoms. The van der Waals surface area contributed by atoms with E-state index in [1.807, 2.05) is 27.2 Å². The Kier molecular flexibility index (Phi) is 39.8. The number of phosphoric ester groups is 1. The number of rotatable bonds is 43. The number of phosphoric acid groups is 1. The van der Waals surface area contributed by atoms with Gasteiger partial charge in [0.15, 0.2) is 0 Å².